The summed E-state index contributed by atoms with van der Waals surface area (Å²) < 4.78 is 5.27. The average Bonchev–Trinajstić information content (AvgIpc) is 2.19. The highest BCUT2D eigenvalue weighted by Gasteiger charge is 2.17. The summed E-state index contributed by atoms with van der Waals surface area (Å²) >= 11 is 0. The van der Waals surface area contributed by atoms with Crippen molar-refractivity contribution in [1.82, 2.24) is 10.2 Å². The van der Waals surface area contributed by atoms with Gasteiger partial charge in [-0.2, -0.15) is 10.2 Å². The summed E-state index contributed by atoms with van der Waals surface area (Å²) in [5.74, 6) is 0.477. The van der Waals surface area contributed by atoms with Crippen LogP contribution in [0.2, 0.25) is 0 Å². The van der Waals surface area contributed by atoms with Gasteiger partial charge in [0.25, 0.3) is 0 Å². The van der Waals surface area contributed by atoms with Gasteiger partial charge in [-0.3, -0.25) is 0 Å². The summed E-state index contributed by atoms with van der Waals surface area (Å²) in [4.78, 5) is 0. The molecule has 70 valence electrons. The van der Waals surface area contributed by atoms with Gasteiger partial charge in [0.1, 0.15) is 0 Å². The predicted molar refractivity (Wildman–Crippen MR) is 49.2 cm³/mol. The van der Waals surface area contributed by atoms with Crippen molar-refractivity contribution in [3.63, 3.8) is 0 Å². The average molecular weight is 179 g/mol. The number of nitrogen functional groups attached to an aromatic ring is 1. The first-order chi connectivity index (χ1) is 6.36. The van der Waals surface area contributed by atoms with E-state index in [1.54, 1.807) is 6.20 Å². The molecule has 0 aromatic carbocycles. The molecular formula is C9H13N3O. The number of hydrogen-bond donors (Lipinski definition) is 1. The zero-order chi connectivity index (χ0) is 9.10. The van der Waals surface area contributed by atoms with Crippen molar-refractivity contribution in [1.29, 1.82) is 0 Å². The highest BCUT2D eigenvalue weighted by molar-refractivity contribution is 5.35. The topological polar surface area (TPSA) is 61.0 Å². The SMILES string of the molecule is Nc1cnnc(C2CCOCC2)c1. The molecule has 13 heavy (non-hydrogen) atoms. The van der Waals surface area contributed by atoms with Gasteiger partial charge in [0, 0.05) is 19.1 Å². The molecular weight excluding hydrogens is 166 g/mol. The number of anilines is 1. The molecule has 0 radical (unpaired) electrons. The number of aromatic nitrogens is 2. The molecule has 1 saturated heterocycles. The summed E-state index contributed by atoms with van der Waals surface area (Å²) in [5.41, 5.74) is 7.33. The fourth-order valence-corrected chi connectivity index (χ4v) is 1.59. The van der Waals surface area contributed by atoms with Crippen molar-refractivity contribution in [2.45, 2.75) is 18.8 Å². The number of rotatable bonds is 1. The maximum atomic E-state index is 5.63. The summed E-state index contributed by atoms with van der Waals surface area (Å²) in [7, 11) is 0. The predicted octanol–water partition coefficient (Wildman–Crippen LogP) is 0.953. The lowest BCUT2D eigenvalue weighted by atomic mass is 9.96. The van der Waals surface area contributed by atoms with Crippen LogP contribution in [0.4, 0.5) is 5.69 Å². The van der Waals surface area contributed by atoms with Crippen LogP contribution in [0.25, 0.3) is 0 Å². The molecule has 1 fully saturated rings. The molecule has 4 nitrogen and oxygen atoms in total. The minimum absolute atomic E-state index is 0.477. The highest BCUT2D eigenvalue weighted by atomic mass is 16.5. The van der Waals surface area contributed by atoms with E-state index < -0.39 is 0 Å². The number of nitrogens with zero attached hydrogens (tertiary/aromatic N) is 2. The van der Waals surface area contributed by atoms with Crippen LogP contribution in [-0.2, 0) is 4.74 Å². The van der Waals surface area contributed by atoms with Gasteiger partial charge in [-0.25, -0.2) is 0 Å². The Balaban J connectivity index is 2.14. The van der Waals surface area contributed by atoms with E-state index in [1.165, 1.54) is 0 Å². The van der Waals surface area contributed by atoms with Crippen LogP contribution in [0.15, 0.2) is 12.3 Å². The molecule has 0 atom stereocenters. The third-order valence-electron chi connectivity index (χ3n) is 2.33. The van der Waals surface area contributed by atoms with Crippen molar-refractivity contribution >= 4 is 5.69 Å². The fourth-order valence-electron chi connectivity index (χ4n) is 1.59. The van der Waals surface area contributed by atoms with Gasteiger partial charge in [0.05, 0.1) is 17.6 Å². The van der Waals surface area contributed by atoms with Crippen LogP contribution in [0, 0.1) is 0 Å². The summed E-state index contributed by atoms with van der Waals surface area (Å²) in [6.07, 6.45) is 3.62. The minimum Gasteiger partial charge on any atom is -0.397 e. The Morgan fingerprint density at radius 1 is 1.38 bits per heavy atom. The Morgan fingerprint density at radius 2 is 2.15 bits per heavy atom. The zero-order valence-electron chi connectivity index (χ0n) is 7.44. The van der Waals surface area contributed by atoms with Crippen LogP contribution in [0.5, 0.6) is 0 Å². The van der Waals surface area contributed by atoms with E-state index in [1.807, 2.05) is 6.07 Å². The molecule has 2 N–H and O–H groups in total. The van der Waals surface area contributed by atoms with E-state index in [0.717, 1.165) is 31.7 Å². The highest BCUT2D eigenvalue weighted by Crippen LogP contribution is 2.25. The normalized spacial score (nSPS) is 18.8. The third-order valence-corrected chi connectivity index (χ3v) is 2.33. The molecule has 0 amide bonds. The van der Waals surface area contributed by atoms with Crippen LogP contribution in [0.3, 0.4) is 0 Å². The number of nitrogens with two attached hydrogens (primary N) is 1. The quantitative estimate of drug-likeness (QED) is 0.697. The standard InChI is InChI=1S/C9H13N3O/c10-8-5-9(12-11-6-8)7-1-3-13-4-2-7/h5-7H,1-4H2,(H2,10,12). The Hall–Kier alpha value is -1.16. The molecule has 1 aliphatic rings. The van der Waals surface area contributed by atoms with Crippen molar-refractivity contribution in [3.8, 4) is 0 Å². The minimum atomic E-state index is 0.477. The van der Waals surface area contributed by atoms with Gasteiger partial charge in [-0.1, -0.05) is 0 Å². The third kappa shape index (κ3) is 1.95. The lowest BCUT2D eigenvalue weighted by Crippen LogP contribution is -2.15. The maximum absolute atomic E-state index is 5.63. The molecule has 2 heterocycles. The van der Waals surface area contributed by atoms with E-state index in [0.29, 0.717) is 11.6 Å². The van der Waals surface area contributed by atoms with E-state index >= 15 is 0 Å². The molecule has 0 bridgehead atoms. The van der Waals surface area contributed by atoms with Crippen LogP contribution in [0.1, 0.15) is 24.5 Å². The second kappa shape index (κ2) is 3.70. The molecule has 0 spiro atoms. The maximum Gasteiger partial charge on any atom is 0.0726 e. The van der Waals surface area contributed by atoms with Gasteiger partial charge in [-0.05, 0) is 18.9 Å². The molecule has 0 aliphatic carbocycles. The van der Waals surface area contributed by atoms with Crippen molar-refractivity contribution in [3.05, 3.63) is 18.0 Å². The van der Waals surface area contributed by atoms with Crippen molar-refractivity contribution in [2.75, 3.05) is 18.9 Å². The summed E-state index contributed by atoms with van der Waals surface area (Å²) in [5, 5.41) is 7.92. The number of hydrogen-bond acceptors (Lipinski definition) is 4. The molecule has 2 rings (SSSR count). The van der Waals surface area contributed by atoms with Crippen molar-refractivity contribution in [2.24, 2.45) is 0 Å². The molecule has 1 aliphatic heterocycles. The van der Waals surface area contributed by atoms with E-state index in [9.17, 15) is 0 Å². The Bertz CT molecular complexity index is 284. The van der Waals surface area contributed by atoms with E-state index in [2.05, 4.69) is 10.2 Å². The monoisotopic (exact) mass is 179 g/mol. The molecule has 1 aromatic heterocycles. The first kappa shape index (κ1) is 8.44. The lowest BCUT2D eigenvalue weighted by Gasteiger charge is -2.20. The smallest absolute Gasteiger partial charge is 0.0726 e. The molecule has 1 aromatic rings. The molecule has 0 saturated carbocycles. The second-order valence-corrected chi connectivity index (χ2v) is 3.30. The Kier molecular flexibility index (Phi) is 2.40. The van der Waals surface area contributed by atoms with Crippen molar-refractivity contribution < 1.29 is 4.74 Å². The summed E-state index contributed by atoms with van der Waals surface area (Å²) in [6.45, 7) is 1.64. The second-order valence-electron chi connectivity index (χ2n) is 3.30. The van der Waals surface area contributed by atoms with Gasteiger partial charge >= 0.3 is 0 Å². The van der Waals surface area contributed by atoms with Gasteiger partial charge < -0.3 is 10.5 Å². The van der Waals surface area contributed by atoms with Crippen LogP contribution >= 0.6 is 0 Å². The van der Waals surface area contributed by atoms with E-state index in [4.69, 9.17) is 10.5 Å². The molecule has 0 unspecified atom stereocenters. The summed E-state index contributed by atoms with van der Waals surface area (Å²) in [6, 6.07) is 1.91. The fraction of sp³-hybridized carbons (Fsp3) is 0.556. The Labute approximate surface area is 77.1 Å². The molecule has 4 heteroatoms. The van der Waals surface area contributed by atoms with Crippen LogP contribution in [-0.4, -0.2) is 23.4 Å². The Morgan fingerprint density at radius 3 is 2.85 bits per heavy atom. The lowest BCUT2D eigenvalue weighted by molar-refractivity contribution is 0.0843. The van der Waals surface area contributed by atoms with Gasteiger partial charge in [-0.15, -0.1) is 0 Å². The van der Waals surface area contributed by atoms with E-state index in [-0.39, 0.29) is 0 Å². The van der Waals surface area contributed by atoms with Gasteiger partial charge in [0.15, 0.2) is 0 Å². The first-order valence-corrected chi connectivity index (χ1v) is 4.52. The number of ether oxygens (including phenoxy) is 1. The first-order valence-electron chi connectivity index (χ1n) is 4.52. The zero-order valence-corrected chi connectivity index (χ0v) is 7.44. The van der Waals surface area contributed by atoms with Crippen LogP contribution < -0.4 is 5.73 Å². The van der Waals surface area contributed by atoms with Gasteiger partial charge in [0.2, 0.25) is 0 Å². The largest absolute Gasteiger partial charge is 0.397 e.